The lowest BCUT2D eigenvalue weighted by molar-refractivity contribution is 0.194. The number of nitrogens with two attached hydrogens (primary N) is 1. The number of fused-ring (bicyclic) bond motifs is 2. The average Bonchev–Trinajstić information content (AvgIpc) is 3.50. The van der Waals surface area contributed by atoms with Gasteiger partial charge >= 0.3 is 6.09 Å². The van der Waals surface area contributed by atoms with E-state index in [9.17, 15) is 4.79 Å². The maximum absolute atomic E-state index is 10.8. The molecule has 1 amide bonds. The fourth-order valence-corrected chi connectivity index (χ4v) is 4.55. The summed E-state index contributed by atoms with van der Waals surface area (Å²) in [5.74, 6) is 0.383. The van der Waals surface area contributed by atoms with Crippen molar-refractivity contribution in [3.05, 3.63) is 103 Å². The molecule has 0 aliphatic heterocycles. The Bertz CT molecular complexity index is 1740. The predicted octanol–water partition coefficient (Wildman–Crippen LogP) is 4.81. The van der Waals surface area contributed by atoms with Gasteiger partial charge in [0.15, 0.2) is 5.82 Å². The molecule has 0 radical (unpaired) electrons. The Balaban J connectivity index is 1.39. The first-order valence-corrected chi connectivity index (χ1v) is 11.7. The van der Waals surface area contributed by atoms with Crippen LogP contribution in [0.2, 0.25) is 0 Å². The van der Waals surface area contributed by atoms with Crippen LogP contribution in [-0.4, -0.2) is 35.6 Å². The van der Waals surface area contributed by atoms with Gasteiger partial charge in [-0.15, -0.1) is 0 Å². The lowest BCUT2D eigenvalue weighted by Crippen LogP contribution is -2.19. The van der Waals surface area contributed by atoms with Crippen molar-refractivity contribution in [3.8, 4) is 22.4 Å². The molecule has 0 atom stereocenters. The summed E-state index contributed by atoms with van der Waals surface area (Å²) < 4.78 is 3.74. The lowest BCUT2D eigenvalue weighted by atomic mass is 10.0. The van der Waals surface area contributed by atoms with E-state index in [0.29, 0.717) is 12.4 Å². The SMILES string of the molecule is Nc1ncnn2c(-c3ccc(CNC(=O)O)cc3)cc(-c3ccc4cn(Cc5ccccc5)nc4c3)c12. The largest absolute Gasteiger partial charge is 0.465 e. The van der Waals surface area contributed by atoms with E-state index in [2.05, 4.69) is 45.7 Å². The van der Waals surface area contributed by atoms with E-state index >= 15 is 0 Å². The van der Waals surface area contributed by atoms with Crippen molar-refractivity contribution in [1.29, 1.82) is 0 Å². The van der Waals surface area contributed by atoms with Crippen LogP contribution in [-0.2, 0) is 13.1 Å². The normalized spacial score (nSPS) is 11.2. The Morgan fingerprint density at radius 1 is 0.946 bits per heavy atom. The van der Waals surface area contributed by atoms with Gasteiger partial charge in [-0.05, 0) is 28.8 Å². The summed E-state index contributed by atoms with van der Waals surface area (Å²) in [6.07, 6.45) is 2.43. The molecular weight excluding hydrogens is 466 g/mol. The van der Waals surface area contributed by atoms with Crippen LogP contribution in [0.1, 0.15) is 11.1 Å². The molecule has 9 heteroatoms. The zero-order chi connectivity index (χ0) is 25.4. The topological polar surface area (TPSA) is 123 Å². The van der Waals surface area contributed by atoms with Crippen LogP contribution in [0, 0.1) is 0 Å². The highest BCUT2D eigenvalue weighted by Crippen LogP contribution is 2.35. The molecule has 0 fully saturated rings. The molecule has 0 saturated carbocycles. The van der Waals surface area contributed by atoms with E-state index in [1.54, 1.807) is 4.52 Å². The van der Waals surface area contributed by atoms with Crippen LogP contribution >= 0.6 is 0 Å². The van der Waals surface area contributed by atoms with E-state index in [0.717, 1.165) is 44.4 Å². The van der Waals surface area contributed by atoms with Crippen LogP contribution in [0.5, 0.6) is 0 Å². The fourth-order valence-electron chi connectivity index (χ4n) is 4.55. The standard InChI is InChI=1S/C28H23N7O2/c29-27-26-23(21-10-11-22-16-34(33-24(22)12-21)15-19-4-2-1-3-5-19)13-25(35(26)32-17-31-27)20-8-6-18(7-9-20)14-30-28(36)37/h1-13,16-17,30H,14-15H2,(H,36,37)(H2,29,31,32). The maximum Gasteiger partial charge on any atom is 0.404 e. The number of nitrogens with one attached hydrogen (secondary N) is 1. The number of carbonyl (C=O) groups is 1. The molecule has 0 saturated heterocycles. The molecule has 0 aliphatic rings. The summed E-state index contributed by atoms with van der Waals surface area (Å²) in [5, 5.41) is 21.6. The van der Waals surface area contributed by atoms with Crippen LogP contribution < -0.4 is 11.1 Å². The predicted molar refractivity (Wildman–Crippen MR) is 142 cm³/mol. The highest BCUT2D eigenvalue weighted by atomic mass is 16.4. The number of anilines is 1. The van der Waals surface area contributed by atoms with Gasteiger partial charge in [0.05, 0.1) is 17.8 Å². The molecule has 0 spiro atoms. The summed E-state index contributed by atoms with van der Waals surface area (Å²) in [7, 11) is 0. The highest BCUT2D eigenvalue weighted by molar-refractivity contribution is 5.94. The van der Waals surface area contributed by atoms with Crippen molar-refractivity contribution in [3.63, 3.8) is 0 Å². The summed E-state index contributed by atoms with van der Waals surface area (Å²) in [6, 6.07) is 26.1. The first-order chi connectivity index (χ1) is 18.0. The maximum atomic E-state index is 10.8. The third-order valence-corrected chi connectivity index (χ3v) is 6.33. The molecule has 0 aliphatic carbocycles. The van der Waals surface area contributed by atoms with Crippen LogP contribution in [0.4, 0.5) is 10.6 Å². The van der Waals surface area contributed by atoms with Crippen LogP contribution in [0.25, 0.3) is 38.8 Å². The van der Waals surface area contributed by atoms with Crippen molar-refractivity contribution in [2.75, 3.05) is 5.73 Å². The van der Waals surface area contributed by atoms with Crippen molar-refractivity contribution in [2.45, 2.75) is 13.1 Å². The summed E-state index contributed by atoms with van der Waals surface area (Å²) >= 11 is 0. The number of amides is 1. The molecule has 3 heterocycles. The smallest absolute Gasteiger partial charge is 0.404 e. The van der Waals surface area contributed by atoms with Crippen molar-refractivity contribution >= 4 is 28.3 Å². The molecule has 3 aromatic carbocycles. The number of hydrogen-bond acceptors (Lipinski definition) is 5. The monoisotopic (exact) mass is 489 g/mol. The summed E-state index contributed by atoms with van der Waals surface area (Å²) in [4.78, 5) is 15.0. The van der Waals surface area contributed by atoms with E-state index in [1.165, 1.54) is 11.9 Å². The molecule has 3 aromatic heterocycles. The van der Waals surface area contributed by atoms with Gasteiger partial charge < -0.3 is 16.2 Å². The van der Waals surface area contributed by atoms with Gasteiger partial charge in [-0.2, -0.15) is 10.2 Å². The molecule has 6 aromatic rings. The van der Waals surface area contributed by atoms with Crippen molar-refractivity contribution in [2.24, 2.45) is 0 Å². The fraction of sp³-hybridized carbons (Fsp3) is 0.0714. The van der Waals surface area contributed by atoms with E-state index in [4.69, 9.17) is 15.9 Å². The van der Waals surface area contributed by atoms with Gasteiger partial charge in [-0.25, -0.2) is 14.3 Å². The lowest BCUT2D eigenvalue weighted by Gasteiger charge is -2.05. The van der Waals surface area contributed by atoms with Crippen LogP contribution in [0.15, 0.2) is 91.4 Å². The second-order valence-electron chi connectivity index (χ2n) is 8.79. The van der Waals surface area contributed by atoms with Gasteiger partial charge in [0.2, 0.25) is 0 Å². The minimum Gasteiger partial charge on any atom is -0.465 e. The minimum atomic E-state index is -1.06. The van der Waals surface area contributed by atoms with Gasteiger partial charge in [0.1, 0.15) is 11.8 Å². The van der Waals surface area contributed by atoms with Gasteiger partial charge in [0.25, 0.3) is 0 Å². The molecule has 9 nitrogen and oxygen atoms in total. The molecule has 4 N–H and O–H groups in total. The first-order valence-electron chi connectivity index (χ1n) is 11.7. The van der Waals surface area contributed by atoms with E-state index in [-0.39, 0.29) is 6.54 Å². The van der Waals surface area contributed by atoms with Gasteiger partial charge in [-0.1, -0.05) is 66.7 Å². The minimum absolute atomic E-state index is 0.238. The second-order valence-corrected chi connectivity index (χ2v) is 8.79. The number of benzene rings is 3. The number of aromatic nitrogens is 5. The molecule has 0 bridgehead atoms. The number of hydrogen-bond donors (Lipinski definition) is 3. The number of rotatable bonds is 6. The van der Waals surface area contributed by atoms with Crippen molar-refractivity contribution < 1.29 is 9.90 Å². The van der Waals surface area contributed by atoms with Crippen molar-refractivity contribution in [1.82, 2.24) is 29.7 Å². The second kappa shape index (κ2) is 9.12. The summed E-state index contributed by atoms with van der Waals surface area (Å²) in [5.41, 5.74) is 13.6. The number of nitrogen functional groups attached to an aromatic ring is 1. The van der Waals surface area contributed by atoms with E-state index in [1.807, 2.05) is 59.4 Å². The third-order valence-electron chi connectivity index (χ3n) is 6.33. The molecule has 6 rings (SSSR count). The molecule has 37 heavy (non-hydrogen) atoms. The Morgan fingerprint density at radius 2 is 1.73 bits per heavy atom. The number of nitrogens with zero attached hydrogens (tertiary/aromatic N) is 5. The Hall–Kier alpha value is -5.18. The Kier molecular flexibility index (Phi) is 5.49. The number of carboxylic acid groups (broad SMARTS) is 1. The molecule has 0 unspecified atom stereocenters. The van der Waals surface area contributed by atoms with E-state index < -0.39 is 6.09 Å². The zero-order valence-corrected chi connectivity index (χ0v) is 19.7. The molecule has 182 valence electrons. The first kappa shape index (κ1) is 22.3. The summed E-state index contributed by atoms with van der Waals surface area (Å²) in [6.45, 7) is 0.935. The van der Waals surface area contributed by atoms with Gasteiger partial charge in [-0.3, -0.25) is 4.68 Å². The zero-order valence-electron chi connectivity index (χ0n) is 19.7. The molecular formula is C28H23N7O2. The third kappa shape index (κ3) is 4.34. The van der Waals surface area contributed by atoms with Gasteiger partial charge in [0, 0.05) is 29.3 Å². The van der Waals surface area contributed by atoms with Crippen LogP contribution in [0.3, 0.4) is 0 Å². The Labute approximate surface area is 211 Å². The highest BCUT2D eigenvalue weighted by Gasteiger charge is 2.17. The average molecular weight is 490 g/mol. The quantitative estimate of drug-likeness (QED) is 0.308. The Morgan fingerprint density at radius 3 is 2.51 bits per heavy atom.